The average molecular weight is 238 g/mol. The van der Waals surface area contributed by atoms with E-state index in [4.69, 9.17) is 9.84 Å². The van der Waals surface area contributed by atoms with E-state index >= 15 is 0 Å². The first-order valence-electron chi connectivity index (χ1n) is 5.18. The van der Waals surface area contributed by atoms with Gasteiger partial charge in [0.1, 0.15) is 11.3 Å². The molecule has 5 nitrogen and oxygen atoms in total. The molecule has 1 aromatic rings. The minimum Gasteiger partial charge on any atom is -0.493 e. The fourth-order valence-electron chi connectivity index (χ4n) is 1.28. The van der Waals surface area contributed by atoms with Crippen LogP contribution in [0.25, 0.3) is 0 Å². The number of rotatable bonds is 5. The second-order valence-corrected chi connectivity index (χ2v) is 3.36. The van der Waals surface area contributed by atoms with Crippen molar-refractivity contribution >= 4 is 11.9 Å². The third kappa shape index (κ3) is 3.21. The first-order valence-corrected chi connectivity index (χ1v) is 5.18. The Labute approximate surface area is 99.0 Å². The Morgan fingerprint density at radius 1 is 1.35 bits per heavy atom. The van der Waals surface area contributed by atoms with Crippen LogP contribution in [0.1, 0.15) is 34.1 Å². The highest BCUT2D eigenvalue weighted by molar-refractivity contribution is 5.96. The van der Waals surface area contributed by atoms with E-state index in [9.17, 15) is 9.59 Å². The van der Waals surface area contributed by atoms with E-state index in [-0.39, 0.29) is 16.9 Å². The van der Waals surface area contributed by atoms with Crippen LogP contribution in [0.4, 0.5) is 0 Å². The first-order chi connectivity index (χ1) is 8.10. The molecule has 0 atom stereocenters. The van der Waals surface area contributed by atoms with Gasteiger partial charge in [-0.15, -0.1) is 0 Å². The fourth-order valence-corrected chi connectivity index (χ4v) is 1.28. The predicted molar refractivity (Wildman–Crippen MR) is 60.5 cm³/mol. The number of carbonyl (C=O) groups excluding carboxylic acids is 1. The molecule has 1 aromatic carbocycles. The molecule has 5 heteroatoms. The largest absolute Gasteiger partial charge is 0.493 e. The maximum Gasteiger partial charge on any atom is 0.339 e. The lowest BCUT2D eigenvalue weighted by atomic mass is 10.1. The normalized spacial score (nSPS) is 9.76. The van der Waals surface area contributed by atoms with Gasteiger partial charge in [-0.1, -0.05) is 6.92 Å². The molecule has 0 saturated heterocycles. The lowest BCUT2D eigenvalue weighted by molar-refractivity contribution is 0.0600. The summed E-state index contributed by atoms with van der Waals surface area (Å²) in [6, 6.07) is 4.19. The van der Waals surface area contributed by atoms with E-state index in [1.807, 2.05) is 6.92 Å². The topological polar surface area (TPSA) is 72.8 Å². The molecule has 1 rings (SSSR count). The number of ether oxygens (including phenoxy) is 2. The third-order valence-corrected chi connectivity index (χ3v) is 2.09. The molecular weight excluding hydrogens is 224 g/mol. The Morgan fingerprint density at radius 3 is 2.59 bits per heavy atom. The van der Waals surface area contributed by atoms with E-state index in [1.54, 1.807) is 0 Å². The van der Waals surface area contributed by atoms with Crippen LogP contribution in [0.2, 0.25) is 0 Å². The molecule has 0 unspecified atom stereocenters. The molecule has 0 radical (unpaired) electrons. The zero-order chi connectivity index (χ0) is 12.8. The van der Waals surface area contributed by atoms with Crippen molar-refractivity contribution in [2.75, 3.05) is 13.7 Å². The number of hydrogen-bond donors (Lipinski definition) is 1. The van der Waals surface area contributed by atoms with Crippen LogP contribution in [0.15, 0.2) is 18.2 Å². The molecule has 0 aromatic heterocycles. The van der Waals surface area contributed by atoms with Gasteiger partial charge in [-0.2, -0.15) is 0 Å². The molecule has 92 valence electrons. The minimum atomic E-state index is -1.14. The molecule has 0 aliphatic heterocycles. The highest BCUT2D eigenvalue weighted by atomic mass is 16.5. The zero-order valence-electron chi connectivity index (χ0n) is 9.73. The molecule has 0 saturated carbocycles. The Bertz CT molecular complexity index is 425. The maximum atomic E-state index is 11.3. The first kappa shape index (κ1) is 13.0. The number of aromatic carboxylic acids is 1. The number of carbonyl (C=O) groups is 2. The van der Waals surface area contributed by atoms with Crippen LogP contribution in [0.3, 0.4) is 0 Å². The van der Waals surface area contributed by atoms with Crippen LogP contribution >= 0.6 is 0 Å². The summed E-state index contributed by atoms with van der Waals surface area (Å²) >= 11 is 0. The predicted octanol–water partition coefficient (Wildman–Crippen LogP) is 1.96. The van der Waals surface area contributed by atoms with Gasteiger partial charge in [0.2, 0.25) is 0 Å². The van der Waals surface area contributed by atoms with E-state index < -0.39 is 11.9 Å². The summed E-state index contributed by atoms with van der Waals surface area (Å²) in [6.45, 7) is 2.35. The van der Waals surface area contributed by atoms with Gasteiger partial charge in [0.25, 0.3) is 0 Å². The smallest absolute Gasteiger partial charge is 0.339 e. The van der Waals surface area contributed by atoms with E-state index in [0.29, 0.717) is 6.61 Å². The Hall–Kier alpha value is -2.04. The van der Waals surface area contributed by atoms with Crippen molar-refractivity contribution in [2.24, 2.45) is 0 Å². The van der Waals surface area contributed by atoms with Crippen LogP contribution in [-0.4, -0.2) is 30.8 Å². The zero-order valence-corrected chi connectivity index (χ0v) is 9.73. The van der Waals surface area contributed by atoms with Gasteiger partial charge in [-0.25, -0.2) is 9.59 Å². The van der Waals surface area contributed by atoms with E-state index in [1.165, 1.54) is 25.3 Å². The van der Waals surface area contributed by atoms with Gasteiger partial charge in [0.05, 0.1) is 19.3 Å². The summed E-state index contributed by atoms with van der Waals surface area (Å²) in [5.41, 5.74) is 0.148. The van der Waals surface area contributed by atoms with Crippen molar-refractivity contribution in [3.8, 4) is 5.75 Å². The lowest BCUT2D eigenvalue weighted by Gasteiger charge is -2.09. The van der Waals surface area contributed by atoms with Gasteiger partial charge in [-0.05, 0) is 24.6 Å². The summed E-state index contributed by atoms with van der Waals surface area (Å²) in [6.07, 6.45) is 0.776. The van der Waals surface area contributed by atoms with Gasteiger partial charge in [-0.3, -0.25) is 0 Å². The molecule has 1 N–H and O–H groups in total. The molecule has 0 amide bonds. The summed E-state index contributed by atoms with van der Waals surface area (Å²) in [5, 5.41) is 9.01. The molecule has 0 fully saturated rings. The van der Waals surface area contributed by atoms with Crippen molar-refractivity contribution in [3.05, 3.63) is 29.3 Å². The quantitative estimate of drug-likeness (QED) is 0.794. The summed E-state index contributed by atoms with van der Waals surface area (Å²) in [4.78, 5) is 22.3. The Kier molecular flexibility index (Phi) is 4.51. The number of carboxylic acid groups (broad SMARTS) is 1. The van der Waals surface area contributed by atoms with Gasteiger partial charge in [0.15, 0.2) is 0 Å². The van der Waals surface area contributed by atoms with Crippen LogP contribution in [0, 0.1) is 0 Å². The van der Waals surface area contributed by atoms with Crippen LogP contribution in [0.5, 0.6) is 5.75 Å². The number of hydrogen-bond acceptors (Lipinski definition) is 4. The highest BCUT2D eigenvalue weighted by Crippen LogP contribution is 2.21. The standard InChI is InChI=1S/C12H14O5/c1-3-6-17-10-5-4-8(12(15)16-2)7-9(10)11(13)14/h4-5,7H,3,6H2,1-2H3,(H,13,14). The van der Waals surface area contributed by atoms with Gasteiger partial charge in [0, 0.05) is 0 Å². The second kappa shape index (κ2) is 5.89. The van der Waals surface area contributed by atoms with Crippen molar-refractivity contribution in [2.45, 2.75) is 13.3 Å². The molecule has 0 heterocycles. The van der Waals surface area contributed by atoms with Gasteiger partial charge < -0.3 is 14.6 Å². The van der Waals surface area contributed by atoms with E-state index in [2.05, 4.69) is 4.74 Å². The molecule has 0 bridgehead atoms. The number of esters is 1. The number of methoxy groups -OCH3 is 1. The van der Waals surface area contributed by atoms with Crippen LogP contribution in [-0.2, 0) is 4.74 Å². The monoisotopic (exact) mass is 238 g/mol. The SMILES string of the molecule is CCCOc1ccc(C(=O)OC)cc1C(=O)O. The van der Waals surface area contributed by atoms with Crippen molar-refractivity contribution in [1.29, 1.82) is 0 Å². The summed E-state index contributed by atoms with van der Waals surface area (Å²) in [7, 11) is 1.24. The van der Waals surface area contributed by atoms with Crippen molar-refractivity contribution < 1.29 is 24.2 Å². The number of carboxylic acids is 1. The van der Waals surface area contributed by atoms with Crippen molar-refractivity contribution in [3.63, 3.8) is 0 Å². The Balaban J connectivity index is 3.08. The lowest BCUT2D eigenvalue weighted by Crippen LogP contribution is -2.07. The third-order valence-electron chi connectivity index (χ3n) is 2.09. The van der Waals surface area contributed by atoms with Crippen LogP contribution < -0.4 is 4.74 Å². The molecular formula is C12H14O5. The highest BCUT2D eigenvalue weighted by Gasteiger charge is 2.15. The second-order valence-electron chi connectivity index (χ2n) is 3.36. The maximum absolute atomic E-state index is 11.3. The molecule has 0 aliphatic rings. The average Bonchev–Trinajstić information content (AvgIpc) is 2.35. The summed E-state index contributed by atoms with van der Waals surface area (Å²) in [5.74, 6) is -1.46. The molecule has 17 heavy (non-hydrogen) atoms. The Morgan fingerprint density at radius 2 is 2.06 bits per heavy atom. The molecule has 0 aliphatic carbocycles. The van der Waals surface area contributed by atoms with E-state index in [0.717, 1.165) is 6.42 Å². The number of benzene rings is 1. The molecule has 0 spiro atoms. The minimum absolute atomic E-state index is 0.0404. The van der Waals surface area contributed by atoms with Gasteiger partial charge >= 0.3 is 11.9 Å². The van der Waals surface area contributed by atoms with Crippen molar-refractivity contribution in [1.82, 2.24) is 0 Å². The fraction of sp³-hybridized carbons (Fsp3) is 0.333. The summed E-state index contributed by atoms with van der Waals surface area (Å²) < 4.78 is 9.80.